The van der Waals surface area contributed by atoms with Crippen molar-refractivity contribution in [3.8, 4) is 27.9 Å². The summed E-state index contributed by atoms with van der Waals surface area (Å²) in [7, 11) is 0. The van der Waals surface area contributed by atoms with Crippen LogP contribution in [0, 0.1) is 0 Å². The summed E-state index contributed by atoms with van der Waals surface area (Å²) < 4.78 is 2.37. The summed E-state index contributed by atoms with van der Waals surface area (Å²) in [5.41, 5.74) is 8.60. The molecule has 0 radical (unpaired) electrons. The van der Waals surface area contributed by atoms with Crippen molar-refractivity contribution in [3.05, 3.63) is 152 Å². The molecule has 8 aromatic rings. The zero-order valence-corrected chi connectivity index (χ0v) is 21.4. The number of hydrogen-bond acceptors (Lipinski definition) is 0. The van der Waals surface area contributed by atoms with Crippen molar-refractivity contribution >= 4 is 43.4 Å². The predicted octanol–water partition coefficient (Wildman–Crippen LogP) is 10.4. The Balaban J connectivity index is 1.32. The second-order valence-electron chi connectivity index (χ2n) is 10.2. The van der Waals surface area contributed by atoms with Gasteiger partial charge in [-0.2, -0.15) is 0 Å². The molecule has 1 heterocycles. The highest BCUT2D eigenvalue weighted by Gasteiger charge is 2.14. The van der Waals surface area contributed by atoms with Crippen LogP contribution >= 0.6 is 0 Å². The average Bonchev–Trinajstić information content (AvgIpc) is 3.35. The maximum atomic E-state index is 2.37. The first kappa shape index (κ1) is 21.9. The number of rotatable bonds is 3. The molecular formula is C38H25N. The summed E-state index contributed by atoms with van der Waals surface area (Å²) in [5, 5.41) is 7.70. The number of aromatic nitrogens is 1. The van der Waals surface area contributed by atoms with Gasteiger partial charge in [-0.05, 0) is 86.3 Å². The van der Waals surface area contributed by atoms with Gasteiger partial charge in [0.2, 0.25) is 0 Å². The van der Waals surface area contributed by atoms with E-state index >= 15 is 0 Å². The highest BCUT2D eigenvalue weighted by Crippen LogP contribution is 2.38. The summed E-state index contributed by atoms with van der Waals surface area (Å²) in [6, 6.07) is 55.0. The van der Waals surface area contributed by atoms with Crippen LogP contribution in [0.4, 0.5) is 0 Å². The Morgan fingerprint density at radius 1 is 0.333 bits per heavy atom. The van der Waals surface area contributed by atoms with Crippen LogP contribution in [0.2, 0.25) is 0 Å². The Labute approximate surface area is 227 Å². The fourth-order valence-corrected chi connectivity index (χ4v) is 6.17. The molecule has 182 valence electrons. The Morgan fingerprint density at radius 3 is 1.85 bits per heavy atom. The molecule has 0 N–H and O–H groups in total. The molecule has 1 heteroatoms. The molecule has 0 saturated heterocycles. The number of fused-ring (bicyclic) bond motifs is 6. The average molecular weight is 496 g/mol. The highest BCUT2D eigenvalue weighted by molar-refractivity contribution is 6.14. The van der Waals surface area contributed by atoms with Crippen molar-refractivity contribution < 1.29 is 0 Å². The lowest BCUT2D eigenvalue weighted by molar-refractivity contribution is 1.18. The van der Waals surface area contributed by atoms with Gasteiger partial charge in [-0.3, -0.25) is 0 Å². The Morgan fingerprint density at radius 2 is 0.974 bits per heavy atom. The third kappa shape index (κ3) is 3.48. The van der Waals surface area contributed by atoms with E-state index in [0.717, 1.165) is 0 Å². The van der Waals surface area contributed by atoms with Gasteiger partial charge in [0.25, 0.3) is 0 Å². The molecule has 0 spiro atoms. The third-order valence-corrected chi connectivity index (χ3v) is 7.96. The SMILES string of the molecule is c1ccc(-n2c3ccccc3c3cc(-c4cccc(-c5cc6ccccc6c6ccccc56)c4)ccc32)cc1. The molecule has 0 unspecified atom stereocenters. The molecule has 1 nitrogen and oxygen atoms in total. The molecule has 8 rings (SSSR count). The number of nitrogens with zero attached hydrogens (tertiary/aromatic N) is 1. The van der Waals surface area contributed by atoms with E-state index in [1.807, 2.05) is 0 Å². The number of benzene rings is 7. The lowest BCUT2D eigenvalue weighted by Gasteiger charge is -2.12. The number of para-hydroxylation sites is 2. The third-order valence-electron chi connectivity index (χ3n) is 7.96. The number of hydrogen-bond donors (Lipinski definition) is 0. The minimum atomic E-state index is 1.18. The fourth-order valence-electron chi connectivity index (χ4n) is 6.17. The summed E-state index contributed by atoms with van der Waals surface area (Å²) >= 11 is 0. The van der Waals surface area contributed by atoms with Crippen LogP contribution in [0.5, 0.6) is 0 Å². The zero-order chi connectivity index (χ0) is 25.8. The van der Waals surface area contributed by atoms with E-state index in [9.17, 15) is 0 Å². The first-order valence-corrected chi connectivity index (χ1v) is 13.5. The Kier molecular flexibility index (Phi) is 4.89. The summed E-state index contributed by atoms with van der Waals surface area (Å²) in [5.74, 6) is 0. The maximum absolute atomic E-state index is 2.37. The molecule has 7 aromatic carbocycles. The molecule has 0 aliphatic heterocycles. The molecule has 0 atom stereocenters. The molecule has 39 heavy (non-hydrogen) atoms. The zero-order valence-electron chi connectivity index (χ0n) is 21.4. The molecule has 0 aliphatic carbocycles. The van der Waals surface area contributed by atoms with Gasteiger partial charge in [-0.1, -0.05) is 109 Å². The van der Waals surface area contributed by atoms with Gasteiger partial charge in [0, 0.05) is 16.5 Å². The minimum absolute atomic E-state index is 1.18. The topological polar surface area (TPSA) is 4.93 Å². The standard InChI is InChI=1S/C38H25N/c1-2-14-30(15-3-1)39-37-20-9-8-19-34(37)36-24-27(21-22-38(36)39)26-12-10-13-28(23-26)35-25-29-11-4-5-16-31(29)32-17-6-7-18-33(32)35/h1-25H. The Hall–Kier alpha value is -5.14. The molecule has 1 aromatic heterocycles. The van der Waals surface area contributed by atoms with Gasteiger partial charge in [0.1, 0.15) is 0 Å². The van der Waals surface area contributed by atoms with Gasteiger partial charge in [-0.15, -0.1) is 0 Å². The molecule has 0 saturated carbocycles. The van der Waals surface area contributed by atoms with Crippen molar-refractivity contribution in [2.45, 2.75) is 0 Å². The lowest BCUT2D eigenvalue weighted by Crippen LogP contribution is -1.92. The van der Waals surface area contributed by atoms with Gasteiger partial charge in [-0.25, -0.2) is 0 Å². The Bertz CT molecular complexity index is 2170. The van der Waals surface area contributed by atoms with Crippen LogP contribution in [0.15, 0.2) is 152 Å². The lowest BCUT2D eigenvalue weighted by atomic mass is 9.91. The predicted molar refractivity (Wildman–Crippen MR) is 167 cm³/mol. The van der Waals surface area contributed by atoms with Crippen LogP contribution in [0.3, 0.4) is 0 Å². The van der Waals surface area contributed by atoms with Crippen molar-refractivity contribution in [1.29, 1.82) is 0 Å². The van der Waals surface area contributed by atoms with Crippen molar-refractivity contribution in [1.82, 2.24) is 4.57 Å². The molecule has 0 amide bonds. The fraction of sp³-hybridized carbons (Fsp3) is 0. The second-order valence-corrected chi connectivity index (χ2v) is 10.2. The maximum Gasteiger partial charge on any atom is 0.0541 e. The van der Waals surface area contributed by atoms with Crippen LogP contribution < -0.4 is 0 Å². The van der Waals surface area contributed by atoms with Crippen molar-refractivity contribution in [2.24, 2.45) is 0 Å². The highest BCUT2D eigenvalue weighted by atomic mass is 15.0. The van der Waals surface area contributed by atoms with Gasteiger partial charge < -0.3 is 4.57 Å². The van der Waals surface area contributed by atoms with Gasteiger partial charge in [0.15, 0.2) is 0 Å². The molecule has 0 aliphatic rings. The second kappa shape index (κ2) is 8.72. The summed E-state index contributed by atoms with van der Waals surface area (Å²) in [6.07, 6.45) is 0. The first-order chi connectivity index (χ1) is 19.3. The van der Waals surface area contributed by atoms with Crippen molar-refractivity contribution in [2.75, 3.05) is 0 Å². The summed E-state index contributed by atoms with van der Waals surface area (Å²) in [4.78, 5) is 0. The minimum Gasteiger partial charge on any atom is -0.309 e. The smallest absolute Gasteiger partial charge is 0.0541 e. The van der Waals surface area contributed by atoms with E-state index < -0.39 is 0 Å². The molecule has 0 fully saturated rings. The summed E-state index contributed by atoms with van der Waals surface area (Å²) in [6.45, 7) is 0. The van der Waals surface area contributed by atoms with E-state index in [0.29, 0.717) is 0 Å². The van der Waals surface area contributed by atoms with E-state index in [2.05, 4.69) is 156 Å². The largest absolute Gasteiger partial charge is 0.309 e. The first-order valence-electron chi connectivity index (χ1n) is 13.5. The quantitative estimate of drug-likeness (QED) is 0.215. The van der Waals surface area contributed by atoms with E-state index in [4.69, 9.17) is 0 Å². The van der Waals surface area contributed by atoms with Crippen molar-refractivity contribution in [3.63, 3.8) is 0 Å². The van der Waals surface area contributed by atoms with Crippen LogP contribution in [0.25, 0.3) is 71.3 Å². The van der Waals surface area contributed by atoms with Gasteiger partial charge >= 0.3 is 0 Å². The van der Waals surface area contributed by atoms with E-state index in [-0.39, 0.29) is 0 Å². The van der Waals surface area contributed by atoms with E-state index in [1.54, 1.807) is 0 Å². The van der Waals surface area contributed by atoms with Gasteiger partial charge in [0.05, 0.1) is 11.0 Å². The normalized spacial score (nSPS) is 11.6. The van der Waals surface area contributed by atoms with E-state index in [1.165, 1.54) is 71.3 Å². The molecule has 0 bridgehead atoms. The van der Waals surface area contributed by atoms with Crippen LogP contribution in [0.1, 0.15) is 0 Å². The van der Waals surface area contributed by atoms with Crippen LogP contribution in [-0.2, 0) is 0 Å². The van der Waals surface area contributed by atoms with Crippen LogP contribution in [-0.4, -0.2) is 4.57 Å². The molecular weight excluding hydrogens is 470 g/mol. The monoisotopic (exact) mass is 495 g/mol.